The highest BCUT2D eigenvalue weighted by Crippen LogP contribution is 2.22. The van der Waals surface area contributed by atoms with Crippen molar-refractivity contribution in [2.45, 2.75) is 39.8 Å². The topological polar surface area (TPSA) is 62.7 Å². The lowest BCUT2D eigenvalue weighted by Crippen LogP contribution is -2.27. The number of anilines is 2. The minimum atomic E-state index is -0.120. The third-order valence-electron chi connectivity index (χ3n) is 3.78. The van der Waals surface area contributed by atoms with Crippen LogP contribution in [0.1, 0.15) is 31.9 Å². The predicted molar refractivity (Wildman–Crippen MR) is 107 cm³/mol. The Morgan fingerprint density at radius 1 is 0.923 bits per heavy atom. The zero-order valence-electron chi connectivity index (χ0n) is 15.7. The van der Waals surface area contributed by atoms with Crippen molar-refractivity contribution >= 4 is 11.8 Å². The summed E-state index contributed by atoms with van der Waals surface area (Å²) in [7, 11) is 0. The molecule has 0 aliphatic rings. The number of rotatable bonds is 5. The van der Waals surface area contributed by atoms with Gasteiger partial charge in [0.25, 0.3) is 0 Å². The van der Waals surface area contributed by atoms with E-state index in [2.05, 4.69) is 77.5 Å². The normalized spacial score (nSPS) is 11.2. The van der Waals surface area contributed by atoms with E-state index >= 15 is 0 Å². The fourth-order valence-electron chi connectivity index (χ4n) is 2.50. The van der Waals surface area contributed by atoms with E-state index in [4.69, 9.17) is 0 Å². The second-order valence-corrected chi connectivity index (χ2v) is 7.41. The first-order valence-electron chi connectivity index (χ1n) is 8.76. The number of hydrogen-bond acceptors (Lipinski definition) is 5. The molecule has 5 nitrogen and oxygen atoms in total. The van der Waals surface area contributed by atoms with Crippen molar-refractivity contribution in [3.63, 3.8) is 0 Å². The predicted octanol–water partition coefficient (Wildman–Crippen LogP) is 4.67. The maximum Gasteiger partial charge on any atom is 0.225 e. The van der Waals surface area contributed by atoms with Crippen LogP contribution in [0.4, 0.5) is 11.8 Å². The Balaban J connectivity index is 1.87. The van der Waals surface area contributed by atoms with E-state index in [1.165, 1.54) is 11.1 Å². The SMILES string of the molecule is Cc1ccc(CNc2cc(-c3ccncc3)nc(NC(C)(C)C)n2)cc1. The molecule has 0 amide bonds. The largest absolute Gasteiger partial charge is 0.366 e. The highest BCUT2D eigenvalue weighted by molar-refractivity contribution is 5.64. The van der Waals surface area contributed by atoms with Gasteiger partial charge in [-0.05, 0) is 45.4 Å². The highest BCUT2D eigenvalue weighted by atomic mass is 15.2. The van der Waals surface area contributed by atoms with E-state index in [-0.39, 0.29) is 5.54 Å². The van der Waals surface area contributed by atoms with Crippen LogP contribution in [0.2, 0.25) is 0 Å². The summed E-state index contributed by atoms with van der Waals surface area (Å²) in [6.07, 6.45) is 3.54. The minimum absolute atomic E-state index is 0.120. The van der Waals surface area contributed by atoms with E-state index in [9.17, 15) is 0 Å². The van der Waals surface area contributed by atoms with Gasteiger partial charge in [-0.25, -0.2) is 4.98 Å². The fourth-order valence-corrected chi connectivity index (χ4v) is 2.50. The van der Waals surface area contributed by atoms with Crippen LogP contribution in [-0.4, -0.2) is 20.5 Å². The van der Waals surface area contributed by atoms with Gasteiger partial charge in [-0.2, -0.15) is 4.98 Å². The van der Waals surface area contributed by atoms with Gasteiger partial charge in [-0.1, -0.05) is 29.8 Å². The summed E-state index contributed by atoms with van der Waals surface area (Å²) in [5.41, 5.74) is 4.22. The zero-order valence-corrected chi connectivity index (χ0v) is 15.7. The van der Waals surface area contributed by atoms with Crippen LogP contribution in [0.25, 0.3) is 11.3 Å². The molecular formula is C21H25N5. The molecule has 5 heteroatoms. The molecule has 2 heterocycles. The molecule has 1 aromatic carbocycles. The molecule has 0 saturated carbocycles. The minimum Gasteiger partial charge on any atom is -0.366 e. The first-order chi connectivity index (χ1) is 12.4. The molecule has 0 bridgehead atoms. The molecule has 26 heavy (non-hydrogen) atoms. The van der Waals surface area contributed by atoms with Gasteiger partial charge in [0.05, 0.1) is 5.69 Å². The standard InChI is InChI=1S/C21H25N5/c1-15-5-7-16(8-6-15)14-23-19-13-18(17-9-11-22-12-10-17)24-20(25-19)26-21(2,3)4/h5-13H,14H2,1-4H3,(H2,23,24,25,26). The highest BCUT2D eigenvalue weighted by Gasteiger charge is 2.13. The number of pyridine rings is 1. The van der Waals surface area contributed by atoms with E-state index in [0.29, 0.717) is 12.5 Å². The average molecular weight is 347 g/mol. The van der Waals surface area contributed by atoms with Crippen LogP contribution in [0.3, 0.4) is 0 Å². The van der Waals surface area contributed by atoms with Crippen molar-refractivity contribution in [1.29, 1.82) is 0 Å². The van der Waals surface area contributed by atoms with Crippen molar-refractivity contribution in [1.82, 2.24) is 15.0 Å². The van der Waals surface area contributed by atoms with Gasteiger partial charge < -0.3 is 10.6 Å². The van der Waals surface area contributed by atoms with Gasteiger partial charge in [-0.3, -0.25) is 4.98 Å². The summed E-state index contributed by atoms with van der Waals surface area (Å²) in [6.45, 7) is 9.08. The lowest BCUT2D eigenvalue weighted by Gasteiger charge is -2.21. The summed E-state index contributed by atoms with van der Waals surface area (Å²) >= 11 is 0. The molecule has 0 aliphatic heterocycles. The lowest BCUT2D eigenvalue weighted by molar-refractivity contribution is 0.626. The number of nitrogens with zero attached hydrogens (tertiary/aromatic N) is 3. The van der Waals surface area contributed by atoms with Gasteiger partial charge >= 0.3 is 0 Å². The van der Waals surface area contributed by atoms with E-state index in [0.717, 1.165) is 17.1 Å². The number of hydrogen-bond donors (Lipinski definition) is 2. The Kier molecular flexibility index (Phi) is 5.16. The van der Waals surface area contributed by atoms with Crippen LogP contribution in [0, 0.1) is 6.92 Å². The van der Waals surface area contributed by atoms with Crippen LogP contribution in [0.5, 0.6) is 0 Å². The van der Waals surface area contributed by atoms with Gasteiger partial charge in [0.1, 0.15) is 5.82 Å². The summed E-state index contributed by atoms with van der Waals surface area (Å²) in [6, 6.07) is 14.4. The summed E-state index contributed by atoms with van der Waals surface area (Å²) < 4.78 is 0. The molecule has 3 rings (SSSR count). The van der Waals surface area contributed by atoms with Crippen LogP contribution in [0.15, 0.2) is 54.9 Å². The molecule has 0 aliphatic carbocycles. The lowest BCUT2D eigenvalue weighted by atomic mass is 10.1. The average Bonchev–Trinajstić information content (AvgIpc) is 2.60. The summed E-state index contributed by atoms with van der Waals surface area (Å²) in [5.74, 6) is 1.40. The van der Waals surface area contributed by atoms with Crippen molar-refractivity contribution in [2.24, 2.45) is 0 Å². The number of aryl methyl sites for hydroxylation is 1. The molecule has 2 N–H and O–H groups in total. The second-order valence-electron chi connectivity index (χ2n) is 7.41. The molecule has 2 aromatic heterocycles. The van der Waals surface area contributed by atoms with Crippen LogP contribution in [-0.2, 0) is 6.54 Å². The van der Waals surface area contributed by atoms with Gasteiger partial charge in [0.15, 0.2) is 0 Å². The number of aromatic nitrogens is 3. The first kappa shape index (κ1) is 17.9. The maximum atomic E-state index is 4.67. The van der Waals surface area contributed by atoms with E-state index in [1.807, 2.05) is 18.2 Å². The maximum absolute atomic E-state index is 4.67. The Morgan fingerprint density at radius 3 is 2.27 bits per heavy atom. The monoisotopic (exact) mass is 347 g/mol. The van der Waals surface area contributed by atoms with Gasteiger partial charge in [-0.15, -0.1) is 0 Å². The molecule has 0 atom stereocenters. The molecule has 134 valence electrons. The quantitative estimate of drug-likeness (QED) is 0.702. The molecule has 0 unspecified atom stereocenters. The number of benzene rings is 1. The Hall–Kier alpha value is -2.95. The van der Waals surface area contributed by atoms with Crippen molar-refractivity contribution < 1.29 is 0 Å². The first-order valence-corrected chi connectivity index (χ1v) is 8.76. The number of nitrogens with one attached hydrogen (secondary N) is 2. The molecule has 0 spiro atoms. The van der Waals surface area contributed by atoms with E-state index < -0.39 is 0 Å². The molecular weight excluding hydrogens is 322 g/mol. The van der Waals surface area contributed by atoms with Crippen LogP contribution >= 0.6 is 0 Å². The van der Waals surface area contributed by atoms with Crippen molar-refractivity contribution in [3.05, 3.63) is 66.0 Å². The van der Waals surface area contributed by atoms with Crippen LogP contribution < -0.4 is 10.6 Å². The smallest absolute Gasteiger partial charge is 0.225 e. The fraction of sp³-hybridized carbons (Fsp3) is 0.286. The molecule has 0 fully saturated rings. The van der Waals surface area contributed by atoms with Crippen molar-refractivity contribution in [2.75, 3.05) is 10.6 Å². The summed E-state index contributed by atoms with van der Waals surface area (Å²) in [4.78, 5) is 13.4. The Bertz CT molecular complexity index is 852. The third-order valence-corrected chi connectivity index (χ3v) is 3.78. The Morgan fingerprint density at radius 2 is 1.62 bits per heavy atom. The Labute approximate surface area is 154 Å². The van der Waals surface area contributed by atoms with Gasteiger partial charge in [0, 0.05) is 36.1 Å². The van der Waals surface area contributed by atoms with E-state index in [1.54, 1.807) is 12.4 Å². The van der Waals surface area contributed by atoms with Crippen molar-refractivity contribution in [3.8, 4) is 11.3 Å². The summed E-state index contributed by atoms with van der Waals surface area (Å²) in [5, 5.41) is 6.77. The second kappa shape index (κ2) is 7.52. The molecule has 3 aromatic rings. The third kappa shape index (κ3) is 5.02. The molecule has 0 saturated heterocycles. The zero-order chi connectivity index (χ0) is 18.6. The van der Waals surface area contributed by atoms with Gasteiger partial charge in [0.2, 0.25) is 5.95 Å². The molecule has 0 radical (unpaired) electrons.